The minimum Gasteiger partial charge on any atom is -0.486 e. The van der Waals surface area contributed by atoms with Gasteiger partial charge in [0, 0.05) is 0 Å². The molecule has 8 nitrogen and oxygen atoms in total. The third-order valence-electron chi connectivity index (χ3n) is 4.60. The Labute approximate surface area is 178 Å². The molecule has 0 saturated heterocycles. The average Bonchev–Trinajstić information content (AvgIpc) is 3.45. The van der Waals surface area contributed by atoms with Gasteiger partial charge in [-0.3, -0.25) is 4.79 Å². The second-order valence-electron chi connectivity index (χ2n) is 6.85. The van der Waals surface area contributed by atoms with Gasteiger partial charge in [0.15, 0.2) is 18.1 Å². The normalized spacial score (nSPS) is 12.8. The van der Waals surface area contributed by atoms with Gasteiger partial charge in [0.25, 0.3) is 5.91 Å². The van der Waals surface area contributed by atoms with E-state index in [1.165, 1.54) is 6.07 Å². The fourth-order valence-electron chi connectivity index (χ4n) is 2.99. The Morgan fingerprint density at radius 3 is 2.68 bits per heavy atom. The van der Waals surface area contributed by atoms with Gasteiger partial charge in [-0.1, -0.05) is 24.3 Å². The van der Waals surface area contributed by atoms with Gasteiger partial charge < -0.3 is 28.7 Å². The van der Waals surface area contributed by atoms with E-state index in [0.29, 0.717) is 23.0 Å². The van der Waals surface area contributed by atoms with E-state index in [2.05, 4.69) is 5.32 Å². The van der Waals surface area contributed by atoms with Crippen LogP contribution in [0.25, 0.3) is 0 Å². The van der Waals surface area contributed by atoms with Gasteiger partial charge in [0.2, 0.25) is 12.6 Å². The summed E-state index contributed by atoms with van der Waals surface area (Å²) in [6, 6.07) is 17.5. The van der Waals surface area contributed by atoms with E-state index in [1.54, 1.807) is 18.2 Å². The summed E-state index contributed by atoms with van der Waals surface area (Å²) in [6.07, 6.45) is 0. The Kier molecular flexibility index (Phi) is 6.07. The Morgan fingerprint density at radius 2 is 1.84 bits per heavy atom. The highest BCUT2D eigenvalue weighted by Gasteiger charge is 2.19. The van der Waals surface area contributed by atoms with E-state index < -0.39 is 18.5 Å². The molecule has 0 saturated carbocycles. The standard InChI is InChI=1S/C23H21NO7/c1-15(16-7-9-19-21(11-16)30-14-29-19)24-22(25)13-28-23(26)20-10-8-18(31-20)12-27-17-5-3-2-4-6-17/h2-11,15H,12-14H2,1H3,(H,24,25). The number of para-hydroxylation sites is 1. The largest absolute Gasteiger partial charge is 0.486 e. The van der Waals surface area contributed by atoms with Crippen molar-refractivity contribution in [1.29, 1.82) is 0 Å². The molecule has 0 fully saturated rings. The molecule has 1 atom stereocenters. The molecule has 1 amide bonds. The molecule has 0 radical (unpaired) electrons. The predicted octanol–water partition coefficient (Wildman–Crippen LogP) is 3.62. The third-order valence-corrected chi connectivity index (χ3v) is 4.60. The summed E-state index contributed by atoms with van der Waals surface area (Å²) < 4.78 is 26.7. The van der Waals surface area contributed by atoms with Crippen molar-refractivity contribution in [3.63, 3.8) is 0 Å². The van der Waals surface area contributed by atoms with Crippen LogP contribution in [0.5, 0.6) is 17.2 Å². The topological polar surface area (TPSA) is 96.2 Å². The lowest BCUT2D eigenvalue weighted by molar-refractivity contribution is -0.124. The predicted molar refractivity (Wildman–Crippen MR) is 109 cm³/mol. The molecule has 8 heteroatoms. The lowest BCUT2D eigenvalue weighted by Gasteiger charge is -2.14. The maximum atomic E-state index is 12.2. The number of esters is 1. The molecule has 2 aromatic carbocycles. The van der Waals surface area contributed by atoms with Crippen LogP contribution in [-0.4, -0.2) is 25.3 Å². The summed E-state index contributed by atoms with van der Waals surface area (Å²) in [4.78, 5) is 24.3. The first-order valence-corrected chi connectivity index (χ1v) is 9.71. The van der Waals surface area contributed by atoms with E-state index in [9.17, 15) is 9.59 Å². The number of carbonyl (C=O) groups excluding carboxylic acids is 2. The molecule has 0 bridgehead atoms. The summed E-state index contributed by atoms with van der Waals surface area (Å²) in [5.41, 5.74) is 0.845. The number of carbonyl (C=O) groups is 2. The molecule has 1 aliphatic rings. The molecule has 1 unspecified atom stereocenters. The molecule has 4 rings (SSSR count). The summed E-state index contributed by atoms with van der Waals surface area (Å²) in [6.45, 7) is 1.75. The minimum absolute atomic E-state index is 0.00304. The molecule has 0 spiro atoms. The lowest BCUT2D eigenvalue weighted by atomic mass is 10.1. The molecule has 2 heterocycles. The Morgan fingerprint density at radius 1 is 1.03 bits per heavy atom. The maximum Gasteiger partial charge on any atom is 0.374 e. The molecule has 160 valence electrons. The van der Waals surface area contributed by atoms with Crippen LogP contribution in [0.1, 0.15) is 34.8 Å². The zero-order chi connectivity index (χ0) is 21.6. The average molecular weight is 423 g/mol. The summed E-state index contributed by atoms with van der Waals surface area (Å²) in [5.74, 6) is 1.31. The Hall–Kier alpha value is -3.94. The molecular weight excluding hydrogens is 402 g/mol. The molecular formula is C23H21NO7. The maximum absolute atomic E-state index is 12.2. The zero-order valence-electron chi connectivity index (χ0n) is 16.8. The molecule has 1 aromatic heterocycles. The summed E-state index contributed by atoms with van der Waals surface area (Å²) in [7, 11) is 0. The number of hydrogen-bond donors (Lipinski definition) is 1. The van der Waals surface area contributed by atoms with Crippen LogP contribution in [0.15, 0.2) is 65.1 Å². The van der Waals surface area contributed by atoms with Gasteiger partial charge >= 0.3 is 5.97 Å². The lowest BCUT2D eigenvalue weighted by Crippen LogP contribution is -2.31. The smallest absolute Gasteiger partial charge is 0.374 e. The summed E-state index contributed by atoms with van der Waals surface area (Å²) >= 11 is 0. The van der Waals surface area contributed by atoms with Crippen LogP contribution in [-0.2, 0) is 16.1 Å². The number of amides is 1. The molecule has 1 aliphatic heterocycles. The number of furan rings is 1. The van der Waals surface area contributed by atoms with E-state index in [0.717, 1.165) is 5.56 Å². The zero-order valence-corrected chi connectivity index (χ0v) is 16.8. The van der Waals surface area contributed by atoms with Gasteiger partial charge in [-0.05, 0) is 48.9 Å². The highest BCUT2D eigenvalue weighted by molar-refractivity contribution is 5.88. The van der Waals surface area contributed by atoms with Crippen molar-refractivity contribution < 1.29 is 33.0 Å². The van der Waals surface area contributed by atoms with Crippen LogP contribution in [0.2, 0.25) is 0 Å². The van der Waals surface area contributed by atoms with E-state index >= 15 is 0 Å². The quantitative estimate of drug-likeness (QED) is 0.553. The number of rotatable bonds is 8. The van der Waals surface area contributed by atoms with Crippen molar-refractivity contribution in [2.75, 3.05) is 13.4 Å². The number of ether oxygens (including phenoxy) is 4. The van der Waals surface area contributed by atoms with Gasteiger partial charge in [-0.2, -0.15) is 0 Å². The third kappa shape index (κ3) is 5.16. The van der Waals surface area contributed by atoms with E-state index in [-0.39, 0.29) is 25.2 Å². The van der Waals surface area contributed by atoms with E-state index in [4.69, 9.17) is 23.4 Å². The fourth-order valence-corrected chi connectivity index (χ4v) is 2.99. The fraction of sp³-hybridized carbons (Fsp3) is 0.217. The number of fused-ring (bicyclic) bond motifs is 1. The Balaban J connectivity index is 1.24. The van der Waals surface area contributed by atoms with Crippen LogP contribution < -0.4 is 19.5 Å². The van der Waals surface area contributed by atoms with Crippen molar-refractivity contribution in [3.05, 3.63) is 77.7 Å². The van der Waals surface area contributed by atoms with Crippen molar-refractivity contribution in [2.24, 2.45) is 0 Å². The monoisotopic (exact) mass is 423 g/mol. The second kappa shape index (κ2) is 9.25. The van der Waals surface area contributed by atoms with Gasteiger partial charge in [-0.25, -0.2) is 4.79 Å². The first-order chi connectivity index (χ1) is 15.1. The highest BCUT2D eigenvalue weighted by Crippen LogP contribution is 2.34. The first-order valence-electron chi connectivity index (χ1n) is 9.71. The van der Waals surface area contributed by atoms with Crippen molar-refractivity contribution in [2.45, 2.75) is 19.6 Å². The second-order valence-corrected chi connectivity index (χ2v) is 6.85. The van der Waals surface area contributed by atoms with E-state index in [1.807, 2.05) is 43.3 Å². The van der Waals surface area contributed by atoms with Crippen molar-refractivity contribution >= 4 is 11.9 Å². The highest BCUT2D eigenvalue weighted by atomic mass is 16.7. The SMILES string of the molecule is CC(NC(=O)COC(=O)c1ccc(COc2ccccc2)o1)c1ccc2c(c1)OCO2. The first kappa shape index (κ1) is 20.3. The minimum atomic E-state index is -0.725. The van der Waals surface area contributed by atoms with Gasteiger partial charge in [0.1, 0.15) is 18.1 Å². The summed E-state index contributed by atoms with van der Waals surface area (Å²) in [5, 5.41) is 2.77. The van der Waals surface area contributed by atoms with Crippen molar-refractivity contribution in [3.8, 4) is 17.2 Å². The molecule has 0 aliphatic carbocycles. The Bertz CT molecular complexity index is 1060. The van der Waals surface area contributed by atoms with Crippen LogP contribution in [0, 0.1) is 0 Å². The number of nitrogens with one attached hydrogen (secondary N) is 1. The van der Waals surface area contributed by atoms with Crippen molar-refractivity contribution in [1.82, 2.24) is 5.32 Å². The molecule has 1 N–H and O–H groups in total. The molecule has 3 aromatic rings. The van der Waals surface area contributed by atoms with Gasteiger partial charge in [-0.15, -0.1) is 0 Å². The van der Waals surface area contributed by atoms with Crippen LogP contribution in [0.3, 0.4) is 0 Å². The van der Waals surface area contributed by atoms with Crippen LogP contribution >= 0.6 is 0 Å². The van der Waals surface area contributed by atoms with Gasteiger partial charge in [0.05, 0.1) is 6.04 Å². The number of benzene rings is 2. The number of hydrogen-bond acceptors (Lipinski definition) is 7. The van der Waals surface area contributed by atoms with Crippen LogP contribution in [0.4, 0.5) is 0 Å². The molecule has 31 heavy (non-hydrogen) atoms.